The number of ketones is 1. The maximum atomic E-state index is 12.9. The Morgan fingerprint density at radius 2 is 1.67 bits per heavy atom. The average Bonchev–Trinajstić information content (AvgIpc) is 2.57. The van der Waals surface area contributed by atoms with Gasteiger partial charge in [0, 0.05) is 10.9 Å². The molecule has 0 aliphatic heterocycles. The predicted molar refractivity (Wildman–Crippen MR) is 83.7 cm³/mol. The fraction of sp³-hybridized carbons (Fsp3) is 0.0588. The molecule has 1 aromatic heterocycles. The van der Waals surface area contributed by atoms with Crippen LogP contribution >= 0.6 is 0 Å². The zero-order valence-corrected chi connectivity index (χ0v) is 12.3. The molecule has 3 rings (SSSR count). The Kier molecular flexibility index (Phi) is 3.91. The Labute approximate surface area is 134 Å². The van der Waals surface area contributed by atoms with E-state index >= 15 is 0 Å². The van der Waals surface area contributed by atoms with Crippen molar-refractivity contribution in [3.63, 3.8) is 0 Å². The fourth-order valence-corrected chi connectivity index (χ4v) is 2.36. The van der Waals surface area contributed by atoms with Gasteiger partial charge < -0.3 is 5.11 Å². The van der Waals surface area contributed by atoms with Crippen LogP contribution in [0.15, 0.2) is 53.3 Å². The molecule has 0 bridgehead atoms. The highest BCUT2D eigenvalue weighted by molar-refractivity contribution is 6.01. The van der Waals surface area contributed by atoms with Crippen molar-refractivity contribution in [1.29, 1.82) is 0 Å². The largest absolute Gasteiger partial charge is 0.476 e. The quantitative estimate of drug-likeness (QED) is 0.742. The van der Waals surface area contributed by atoms with Crippen molar-refractivity contribution in [3.8, 4) is 0 Å². The van der Waals surface area contributed by atoms with Gasteiger partial charge in [-0.15, -0.1) is 0 Å². The molecule has 7 heteroatoms. The van der Waals surface area contributed by atoms with Gasteiger partial charge in [-0.05, 0) is 30.3 Å². The normalized spacial score (nSPS) is 10.7. The molecular formula is C17H11FN2O4. The van der Waals surface area contributed by atoms with Gasteiger partial charge in [0.15, 0.2) is 11.5 Å². The third kappa shape index (κ3) is 2.79. The summed E-state index contributed by atoms with van der Waals surface area (Å²) >= 11 is 0. The van der Waals surface area contributed by atoms with Crippen molar-refractivity contribution in [2.24, 2.45) is 0 Å². The lowest BCUT2D eigenvalue weighted by atomic mass is 10.1. The van der Waals surface area contributed by atoms with Gasteiger partial charge in [-0.25, -0.2) is 13.9 Å². The van der Waals surface area contributed by atoms with Crippen LogP contribution in [0.2, 0.25) is 0 Å². The molecule has 0 atom stereocenters. The Balaban J connectivity index is 2.08. The summed E-state index contributed by atoms with van der Waals surface area (Å²) in [5.74, 6) is -2.26. The Hall–Kier alpha value is -3.35. The zero-order valence-electron chi connectivity index (χ0n) is 12.3. The molecule has 0 aliphatic carbocycles. The maximum Gasteiger partial charge on any atom is 0.357 e. The molecule has 0 fully saturated rings. The van der Waals surface area contributed by atoms with E-state index in [-0.39, 0.29) is 22.0 Å². The first-order valence-corrected chi connectivity index (χ1v) is 6.99. The number of carbonyl (C=O) groups excluding carboxylic acids is 1. The van der Waals surface area contributed by atoms with Crippen LogP contribution in [0.1, 0.15) is 20.8 Å². The summed E-state index contributed by atoms with van der Waals surface area (Å²) in [6.45, 7) is -0.435. The van der Waals surface area contributed by atoms with Gasteiger partial charge in [0.2, 0.25) is 0 Å². The molecule has 0 unspecified atom stereocenters. The van der Waals surface area contributed by atoms with Crippen molar-refractivity contribution in [1.82, 2.24) is 9.78 Å². The number of aromatic carboxylic acids is 1. The number of benzene rings is 2. The number of rotatable bonds is 4. The Morgan fingerprint density at radius 1 is 1.04 bits per heavy atom. The third-order valence-electron chi connectivity index (χ3n) is 3.53. The number of carboxylic acids is 1. The van der Waals surface area contributed by atoms with Crippen molar-refractivity contribution in [2.75, 3.05) is 0 Å². The Morgan fingerprint density at radius 3 is 2.29 bits per heavy atom. The Bertz CT molecular complexity index is 1010. The average molecular weight is 326 g/mol. The predicted octanol–water partition coefficient (Wildman–Crippen LogP) is 2.12. The summed E-state index contributed by atoms with van der Waals surface area (Å²) in [6, 6.07) is 11.0. The molecule has 0 aliphatic rings. The second-order valence-electron chi connectivity index (χ2n) is 5.09. The second kappa shape index (κ2) is 6.04. The lowest BCUT2D eigenvalue weighted by Crippen LogP contribution is -2.29. The lowest BCUT2D eigenvalue weighted by molar-refractivity contribution is 0.0688. The summed E-state index contributed by atoms with van der Waals surface area (Å²) in [7, 11) is 0. The van der Waals surface area contributed by atoms with Crippen LogP contribution in [-0.2, 0) is 6.54 Å². The van der Waals surface area contributed by atoms with Gasteiger partial charge in [-0.3, -0.25) is 9.59 Å². The molecule has 0 saturated heterocycles. The minimum Gasteiger partial charge on any atom is -0.476 e. The van der Waals surface area contributed by atoms with Crippen LogP contribution in [0.5, 0.6) is 0 Å². The van der Waals surface area contributed by atoms with E-state index in [1.807, 2.05) is 0 Å². The lowest BCUT2D eigenvalue weighted by Gasteiger charge is -2.08. The molecule has 2 aromatic carbocycles. The fourth-order valence-electron chi connectivity index (χ4n) is 2.36. The second-order valence-corrected chi connectivity index (χ2v) is 5.09. The molecule has 3 aromatic rings. The molecule has 6 nitrogen and oxygen atoms in total. The molecule has 0 amide bonds. The van der Waals surface area contributed by atoms with E-state index in [2.05, 4.69) is 5.10 Å². The number of carbonyl (C=O) groups is 2. The summed E-state index contributed by atoms with van der Waals surface area (Å²) in [6.07, 6.45) is 0. The number of hydrogen-bond donors (Lipinski definition) is 1. The van der Waals surface area contributed by atoms with Crippen LogP contribution in [0.3, 0.4) is 0 Å². The standard InChI is InChI=1S/C17H11FN2O4/c18-11-7-5-10(6-8-11)14(21)9-20-16(22)13-4-2-1-3-12(13)15(19-20)17(23)24/h1-8H,9H2,(H,23,24). The highest BCUT2D eigenvalue weighted by Crippen LogP contribution is 2.13. The van der Waals surface area contributed by atoms with Crippen LogP contribution in [0, 0.1) is 5.82 Å². The van der Waals surface area contributed by atoms with Gasteiger partial charge in [0.05, 0.1) is 5.39 Å². The highest BCUT2D eigenvalue weighted by atomic mass is 19.1. The van der Waals surface area contributed by atoms with Crippen LogP contribution in [0.4, 0.5) is 4.39 Å². The van der Waals surface area contributed by atoms with Crippen LogP contribution in [-0.4, -0.2) is 26.6 Å². The molecule has 1 heterocycles. The monoisotopic (exact) mass is 326 g/mol. The minimum atomic E-state index is -1.30. The zero-order chi connectivity index (χ0) is 17.3. The SMILES string of the molecule is O=C(Cn1nc(C(=O)O)c2ccccc2c1=O)c1ccc(F)cc1. The molecular weight excluding hydrogens is 315 g/mol. The number of carboxylic acid groups (broad SMARTS) is 1. The molecule has 120 valence electrons. The summed E-state index contributed by atoms with van der Waals surface area (Å²) < 4.78 is 13.7. The number of nitrogens with zero attached hydrogens (tertiary/aromatic N) is 2. The van der Waals surface area contributed by atoms with Crippen LogP contribution < -0.4 is 5.56 Å². The number of halogens is 1. The first kappa shape index (κ1) is 15.5. The number of fused-ring (bicyclic) bond motifs is 1. The molecule has 24 heavy (non-hydrogen) atoms. The van der Waals surface area contributed by atoms with E-state index in [9.17, 15) is 23.9 Å². The van der Waals surface area contributed by atoms with Gasteiger partial charge in [-0.1, -0.05) is 18.2 Å². The topological polar surface area (TPSA) is 89.3 Å². The van der Waals surface area contributed by atoms with Crippen molar-refractivity contribution in [3.05, 3.63) is 76.0 Å². The maximum absolute atomic E-state index is 12.9. The number of hydrogen-bond acceptors (Lipinski definition) is 4. The van der Waals surface area contributed by atoms with Crippen molar-refractivity contribution in [2.45, 2.75) is 6.54 Å². The smallest absolute Gasteiger partial charge is 0.357 e. The van der Waals surface area contributed by atoms with E-state index in [4.69, 9.17) is 0 Å². The van der Waals surface area contributed by atoms with Gasteiger partial charge in [0.25, 0.3) is 5.56 Å². The number of Topliss-reactive ketones (excluding diaryl/α,β-unsaturated/α-hetero) is 1. The van der Waals surface area contributed by atoms with E-state index in [0.717, 1.165) is 16.8 Å². The van der Waals surface area contributed by atoms with E-state index < -0.39 is 29.7 Å². The first-order valence-electron chi connectivity index (χ1n) is 6.99. The summed E-state index contributed by atoms with van der Waals surface area (Å²) in [5, 5.41) is 13.4. The molecule has 1 N–H and O–H groups in total. The van der Waals surface area contributed by atoms with Gasteiger partial charge in [-0.2, -0.15) is 5.10 Å². The molecule has 0 spiro atoms. The molecule has 0 saturated carbocycles. The highest BCUT2D eigenvalue weighted by Gasteiger charge is 2.17. The third-order valence-corrected chi connectivity index (χ3v) is 3.53. The van der Waals surface area contributed by atoms with E-state index in [1.54, 1.807) is 12.1 Å². The summed E-state index contributed by atoms with van der Waals surface area (Å²) in [4.78, 5) is 36.0. The van der Waals surface area contributed by atoms with E-state index in [0.29, 0.717) is 0 Å². The van der Waals surface area contributed by atoms with E-state index in [1.165, 1.54) is 24.3 Å². The van der Waals surface area contributed by atoms with Gasteiger partial charge >= 0.3 is 5.97 Å². The number of aromatic nitrogens is 2. The minimum absolute atomic E-state index is 0.164. The first-order chi connectivity index (χ1) is 11.5. The van der Waals surface area contributed by atoms with Crippen LogP contribution in [0.25, 0.3) is 10.8 Å². The molecule has 0 radical (unpaired) electrons. The van der Waals surface area contributed by atoms with Gasteiger partial charge in [0.1, 0.15) is 12.4 Å². The van der Waals surface area contributed by atoms with Crippen molar-refractivity contribution < 1.29 is 19.1 Å². The summed E-state index contributed by atoms with van der Waals surface area (Å²) in [5.41, 5.74) is -0.668. The van der Waals surface area contributed by atoms with Crippen molar-refractivity contribution >= 4 is 22.5 Å².